The highest BCUT2D eigenvalue weighted by Gasteiger charge is 2.35. The third-order valence-electron chi connectivity index (χ3n) is 7.82. The molecule has 3 aromatic carbocycles. The summed E-state index contributed by atoms with van der Waals surface area (Å²) in [7, 11) is 0. The van der Waals surface area contributed by atoms with Gasteiger partial charge in [-0.2, -0.15) is 0 Å². The Labute approximate surface area is 253 Å². The van der Waals surface area contributed by atoms with Crippen LogP contribution in [0, 0.1) is 6.92 Å². The molecule has 3 heterocycles. The van der Waals surface area contributed by atoms with Crippen molar-refractivity contribution >= 4 is 46.5 Å². The van der Waals surface area contributed by atoms with E-state index in [1.165, 1.54) is 29.9 Å². The summed E-state index contributed by atoms with van der Waals surface area (Å²) in [6.45, 7) is 6.27. The number of aryl methyl sites for hydroxylation is 1. The zero-order chi connectivity index (χ0) is 29.2. The smallest absolute Gasteiger partial charge is 0.338 e. The molecule has 6 rings (SSSR count). The number of anilines is 1. The van der Waals surface area contributed by atoms with Gasteiger partial charge in [0, 0.05) is 29.2 Å². The molecule has 2 aliphatic rings. The summed E-state index contributed by atoms with van der Waals surface area (Å²) in [5.74, 6) is -0.471. The third kappa shape index (κ3) is 5.37. The van der Waals surface area contributed by atoms with Crippen molar-refractivity contribution in [1.82, 2.24) is 4.57 Å². The second-order valence-corrected chi connectivity index (χ2v) is 12.3. The van der Waals surface area contributed by atoms with E-state index in [1.54, 1.807) is 23.3 Å². The minimum absolute atomic E-state index is 0.172. The Hall–Kier alpha value is -3.88. The first-order chi connectivity index (χ1) is 20.5. The monoisotopic (exact) mass is 595 g/mol. The van der Waals surface area contributed by atoms with Crippen LogP contribution in [0.5, 0.6) is 0 Å². The van der Waals surface area contributed by atoms with E-state index in [-0.39, 0.29) is 12.2 Å². The summed E-state index contributed by atoms with van der Waals surface area (Å²) < 4.78 is 7.81. The fourth-order valence-corrected chi connectivity index (χ4v) is 7.08. The number of thiazole rings is 1. The molecule has 4 aromatic rings. The van der Waals surface area contributed by atoms with Crippen molar-refractivity contribution in [2.75, 3.05) is 30.9 Å². The van der Waals surface area contributed by atoms with Crippen molar-refractivity contribution in [3.63, 3.8) is 0 Å². The van der Waals surface area contributed by atoms with Gasteiger partial charge < -0.3 is 9.64 Å². The molecule has 1 saturated heterocycles. The van der Waals surface area contributed by atoms with E-state index >= 15 is 0 Å². The molecule has 0 amide bonds. The van der Waals surface area contributed by atoms with Crippen molar-refractivity contribution in [2.45, 2.75) is 37.6 Å². The van der Waals surface area contributed by atoms with E-state index in [9.17, 15) is 9.59 Å². The molecule has 1 fully saturated rings. The lowest BCUT2D eigenvalue weighted by Crippen LogP contribution is -2.40. The van der Waals surface area contributed by atoms with Crippen LogP contribution in [-0.2, 0) is 9.53 Å². The van der Waals surface area contributed by atoms with Gasteiger partial charge in [-0.25, -0.2) is 9.79 Å². The first kappa shape index (κ1) is 28.2. The summed E-state index contributed by atoms with van der Waals surface area (Å²) >= 11 is 3.00. The van der Waals surface area contributed by atoms with E-state index < -0.39 is 12.0 Å². The van der Waals surface area contributed by atoms with Crippen LogP contribution in [-0.4, -0.2) is 36.5 Å². The standard InChI is InChI=1S/C34H33N3O3S2/c1-4-40-33(39)29-30(23-10-6-5-7-11-23)35-34-37(31(29)24-13-16-27(41-3)17-14-24)32(38)28(42-34)21-25-12-15-26(20-22(25)2)36-18-8-9-19-36/h5-7,10-17,20-21,31H,4,8-9,18-19H2,1-3H3/b28-21+/t31-/m1/s1. The predicted octanol–water partition coefficient (Wildman–Crippen LogP) is 5.57. The second kappa shape index (κ2) is 12.2. The average molecular weight is 596 g/mol. The Morgan fingerprint density at radius 2 is 1.81 bits per heavy atom. The Morgan fingerprint density at radius 3 is 2.48 bits per heavy atom. The number of hydrogen-bond acceptors (Lipinski definition) is 7. The van der Waals surface area contributed by atoms with Gasteiger partial charge in [-0.15, -0.1) is 11.8 Å². The second-order valence-electron chi connectivity index (χ2n) is 10.4. The van der Waals surface area contributed by atoms with E-state index in [1.807, 2.05) is 66.9 Å². The molecule has 214 valence electrons. The highest BCUT2D eigenvalue weighted by atomic mass is 32.2. The van der Waals surface area contributed by atoms with Crippen LogP contribution in [0.3, 0.4) is 0 Å². The summed E-state index contributed by atoms with van der Waals surface area (Å²) in [4.78, 5) is 36.8. The maximum Gasteiger partial charge on any atom is 0.338 e. The fraction of sp³-hybridized carbons (Fsp3) is 0.265. The highest BCUT2D eigenvalue weighted by Crippen LogP contribution is 2.35. The molecule has 2 aliphatic heterocycles. The molecule has 0 aliphatic carbocycles. The Kier molecular flexibility index (Phi) is 8.18. The molecule has 1 aromatic heterocycles. The zero-order valence-electron chi connectivity index (χ0n) is 24.0. The number of esters is 1. The first-order valence-electron chi connectivity index (χ1n) is 14.3. The predicted molar refractivity (Wildman–Crippen MR) is 172 cm³/mol. The third-order valence-corrected chi connectivity index (χ3v) is 9.54. The van der Waals surface area contributed by atoms with Crippen LogP contribution in [0.1, 0.15) is 48.1 Å². The molecular weight excluding hydrogens is 563 g/mol. The largest absolute Gasteiger partial charge is 0.463 e. The first-order valence-corrected chi connectivity index (χ1v) is 16.3. The Balaban J connectivity index is 1.56. The molecule has 8 heteroatoms. The van der Waals surface area contributed by atoms with Crippen molar-refractivity contribution in [2.24, 2.45) is 4.99 Å². The van der Waals surface area contributed by atoms with Gasteiger partial charge in [0.2, 0.25) is 0 Å². The minimum Gasteiger partial charge on any atom is -0.463 e. The molecule has 42 heavy (non-hydrogen) atoms. The maximum absolute atomic E-state index is 14.2. The zero-order valence-corrected chi connectivity index (χ0v) is 25.6. The lowest BCUT2D eigenvalue weighted by Gasteiger charge is -2.26. The molecular formula is C34H33N3O3S2. The quantitative estimate of drug-likeness (QED) is 0.207. The van der Waals surface area contributed by atoms with E-state index in [2.05, 4.69) is 30.0 Å². The van der Waals surface area contributed by atoms with Gasteiger partial charge in [-0.1, -0.05) is 59.9 Å². The number of fused-ring (bicyclic) bond motifs is 1. The van der Waals surface area contributed by atoms with Crippen molar-refractivity contribution in [3.8, 4) is 0 Å². The van der Waals surface area contributed by atoms with Crippen LogP contribution < -0.4 is 19.8 Å². The minimum atomic E-state index is -0.674. The molecule has 6 nitrogen and oxygen atoms in total. The number of rotatable bonds is 7. The molecule has 0 unspecified atom stereocenters. The summed E-state index contributed by atoms with van der Waals surface area (Å²) in [6.07, 6.45) is 6.43. The van der Waals surface area contributed by atoms with Crippen molar-refractivity contribution in [3.05, 3.63) is 120 Å². The topological polar surface area (TPSA) is 63.9 Å². The van der Waals surface area contributed by atoms with Crippen molar-refractivity contribution < 1.29 is 9.53 Å². The van der Waals surface area contributed by atoms with Gasteiger partial charge in [0.05, 0.1) is 28.5 Å². The fourth-order valence-electron chi connectivity index (χ4n) is 5.68. The van der Waals surface area contributed by atoms with Crippen LogP contribution in [0.15, 0.2) is 93.1 Å². The number of carbonyl (C=O) groups is 1. The maximum atomic E-state index is 14.2. The van der Waals surface area contributed by atoms with Gasteiger partial charge in [-0.05, 0) is 80.0 Å². The summed E-state index contributed by atoms with van der Waals surface area (Å²) in [5.41, 5.74) is 5.70. The van der Waals surface area contributed by atoms with Gasteiger partial charge in [0.15, 0.2) is 4.80 Å². The molecule has 0 spiro atoms. The number of benzene rings is 3. The van der Waals surface area contributed by atoms with E-state index in [4.69, 9.17) is 9.73 Å². The van der Waals surface area contributed by atoms with Gasteiger partial charge in [0.25, 0.3) is 5.56 Å². The normalized spacial score (nSPS) is 16.9. The molecule has 0 bridgehead atoms. The lowest BCUT2D eigenvalue weighted by atomic mass is 9.93. The lowest BCUT2D eigenvalue weighted by molar-refractivity contribution is -0.138. The van der Waals surface area contributed by atoms with Crippen LogP contribution in [0.4, 0.5) is 5.69 Å². The molecule has 0 radical (unpaired) electrons. The molecule has 1 atom stereocenters. The average Bonchev–Trinajstić information content (AvgIpc) is 3.66. The van der Waals surface area contributed by atoms with Gasteiger partial charge >= 0.3 is 5.97 Å². The number of ether oxygens (including phenoxy) is 1. The molecule has 0 saturated carbocycles. The highest BCUT2D eigenvalue weighted by molar-refractivity contribution is 7.98. The number of carbonyl (C=O) groups excluding carboxylic acids is 1. The van der Waals surface area contributed by atoms with Crippen LogP contribution in [0.25, 0.3) is 11.8 Å². The van der Waals surface area contributed by atoms with Gasteiger partial charge in [0.1, 0.15) is 0 Å². The number of nitrogens with zero attached hydrogens (tertiary/aromatic N) is 3. The Bertz CT molecular complexity index is 1830. The summed E-state index contributed by atoms with van der Waals surface area (Å²) in [5, 5.41) is 0. The van der Waals surface area contributed by atoms with E-state index in [0.717, 1.165) is 40.2 Å². The SMILES string of the molecule is CCOC(=O)C1=C(c2ccccc2)N=c2s/c(=C/c3ccc(N4CCCC4)cc3C)c(=O)n2[C@@H]1c1ccc(SC)cc1. The van der Waals surface area contributed by atoms with Crippen LogP contribution >= 0.6 is 23.1 Å². The number of thioether (sulfide) groups is 1. The Morgan fingerprint density at radius 1 is 1.07 bits per heavy atom. The van der Waals surface area contributed by atoms with Crippen LogP contribution in [0.2, 0.25) is 0 Å². The summed E-state index contributed by atoms with van der Waals surface area (Å²) in [6, 6.07) is 23.4. The number of aromatic nitrogens is 1. The number of hydrogen-bond donors (Lipinski definition) is 0. The van der Waals surface area contributed by atoms with E-state index in [0.29, 0.717) is 20.6 Å². The van der Waals surface area contributed by atoms with Gasteiger partial charge in [-0.3, -0.25) is 9.36 Å². The van der Waals surface area contributed by atoms with Crippen molar-refractivity contribution in [1.29, 1.82) is 0 Å². The molecule has 0 N–H and O–H groups in total.